The molecule has 1 heterocycles. The maximum absolute atomic E-state index is 12.7. The molecule has 1 aliphatic rings. The van der Waals surface area contributed by atoms with Gasteiger partial charge in [0.1, 0.15) is 5.75 Å². The first-order valence-electron chi connectivity index (χ1n) is 9.15. The Balaban J connectivity index is 1.66. The van der Waals surface area contributed by atoms with Gasteiger partial charge in [-0.1, -0.05) is 48.2 Å². The number of amides is 1. The molecular weight excluding hydrogens is 372 g/mol. The van der Waals surface area contributed by atoms with E-state index in [0.29, 0.717) is 18.7 Å². The largest absolute Gasteiger partial charge is 0.508 e. The molecule has 0 spiro atoms. The number of hydrogen-bond donors (Lipinski definition) is 2. The summed E-state index contributed by atoms with van der Waals surface area (Å²) in [4.78, 5) is 25.4. The van der Waals surface area contributed by atoms with E-state index < -0.39 is 24.1 Å². The first kappa shape index (κ1) is 20.3. The second-order valence-electron chi connectivity index (χ2n) is 6.94. The van der Waals surface area contributed by atoms with Crippen LogP contribution in [0.1, 0.15) is 29.7 Å². The lowest BCUT2D eigenvalue weighted by molar-refractivity contribution is -0.141. The van der Waals surface area contributed by atoms with Crippen LogP contribution in [0.2, 0.25) is 0 Å². The number of hydrogen-bond acceptors (Lipinski definition) is 7. The molecule has 0 saturated carbocycles. The number of rotatable bonds is 7. The van der Waals surface area contributed by atoms with Gasteiger partial charge < -0.3 is 15.1 Å². The van der Waals surface area contributed by atoms with E-state index in [1.54, 1.807) is 25.1 Å². The molecule has 0 saturated heterocycles. The summed E-state index contributed by atoms with van der Waals surface area (Å²) in [6.45, 7) is 6.11. The normalized spacial score (nSPS) is 16.3. The van der Waals surface area contributed by atoms with Gasteiger partial charge in [-0.3, -0.25) is 4.79 Å². The van der Waals surface area contributed by atoms with E-state index >= 15 is 0 Å². The molecule has 29 heavy (non-hydrogen) atoms. The van der Waals surface area contributed by atoms with E-state index in [9.17, 15) is 19.9 Å². The van der Waals surface area contributed by atoms with Gasteiger partial charge in [0.05, 0.1) is 11.7 Å². The molecule has 2 N–H and O–H groups in total. The van der Waals surface area contributed by atoms with E-state index in [0.717, 1.165) is 11.1 Å². The standard InChI is InChI=1S/C21H22N4O4/c1-13(15-8-5-9-18(26)10-15)22-23-14(2)19(24-29)20(27)21(28)25-11-16-6-3-4-7-17(16)12-25/h3-10,13,19-20,26-27H,2,11-12H2,1H3/t13-,19?,20?/m0/s1. The summed E-state index contributed by atoms with van der Waals surface area (Å²) in [5, 5.41) is 30.8. The fourth-order valence-electron chi connectivity index (χ4n) is 3.18. The van der Waals surface area contributed by atoms with Gasteiger partial charge in [0.15, 0.2) is 12.1 Å². The highest BCUT2D eigenvalue weighted by Gasteiger charge is 2.35. The van der Waals surface area contributed by atoms with Crippen molar-refractivity contribution in [1.82, 2.24) is 4.90 Å². The Bertz CT molecular complexity index is 934. The SMILES string of the molecule is C=C(N=N[C@@H](C)c1cccc(O)c1)C(N=O)C(O)C(=O)N1Cc2ccccc2C1. The molecule has 0 bridgehead atoms. The highest BCUT2D eigenvalue weighted by molar-refractivity contribution is 5.82. The molecule has 3 rings (SSSR count). The van der Waals surface area contributed by atoms with Crippen LogP contribution >= 0.6 is 0 Å². The van der Waals surface area contributed by atoms with Gasteiger partial charge in [0, 0.05) is 13.1 Å². The Morgan fingerprint density at radius 2 is 1.79 bits per heavy atom. The number of carbonyl (C=O) groups excluding carboxylic acids is 1. The maximum atomic E-state index is 12.7. The van der Waals surface area contributed by atoms with Crippen molar-refractivity contribution < 1.29 is 15.0 Å². The molecule has 2 unspecified atom stereocenters. The van der Waals surface area contributed by atoms with Gasteiger partial charge in [-0.25, -0.2) is 0 Å². The Hall–Kier alpha value is -3.39. The van der Waals surface area contributed by atoms with E-state index in [1.807, 2.05) is 24.3 Å². The number of fused-ring (bicyclic) bond motifs is 1. The van der Waals surface area contributed by atoms with Crippen LogP contribution in [0.4, 0.5) is 0 Å². The summed E-state index contributed by atoms with van der Waals surface area (Å²) < 4.78 is 0. The Morgan fingerprint density at radius 1 is 1.14 bits per heavy atom. The lowest BCUT2D eigenvalue weighted by Gasteiger charge is -2.22. The van der Waals surface area contributed by atoms with Crippen LogP contribution in [-0.4, -0.2) is 33.2 Å². The lowest BCUT2D eigenvalue weighted by atomic mass is 10.1. The van der Waals surface area contributed by atoms with Crippen LogP contribution in [0.5, 0.6) is 5.75 Å². The molecule has 0 aliphatic carbocycles. The number of phenolic OH excluding ortho intramolecular Hbond substituents is 1. The van der Waals surface area contributed by atoms with Crippen molar-refractivity contribution in [2.45, 2.75) is 38.2 Å². The third-order valence-electron chi connectivity index (χ3n) is 4.87. The summed E-state index contributed by atoms with van der Waals surface area (Å²) in [5.74, 6) is -0.508. The molecule has 2 aromatic rings. The van der Waals surface area contributed by atoms with Crippen LogP contribution < -0.4 is 0 Å². The van der Waals surface area contributed by atoms with Crippen LogP contribution in [0.15, 0.2) is 76.2 Å². The highest BCUT2D eigenvalue weighted by Crippen LogP contribution is 2.26. The third kappa shape index (κ3) is 4.55. The van der Waals surface area contributed by atoms with Gasteiger partial charge in [0.25, 0.3) is 5.91 Å². The van der Waals surface area contributed by atoms with Crippen molar-refractivity contribution in [2.75, 3.05) is 0 Å². The molecule has 150 valence electrons. The van der Waals surface area contributed by atoms with Gasteiger partial charge >= 0.3 is 0 Å². The van der Waals surface area contributed by atoms with Gasteiger partial charge in [-0.05, 0) is 35.7 Å². The second-order valence-corrected chi connectivity index (χ2v) is 6.94. The Labute approximate surface area is 168 Å². The predicted octanol–water partition coefficient (Wildman–Crippen LogP) is 3.46. The summed E-state index contributed by atoms with van der Waals surface area (Å²) in [6, 6.07) is 12.3. The smallest absolute Gasteiger partial charge is 0.254 e. The topological polar surface area (TPSA) is 115 Å². The summed E-state index contributed by atoms with van der Waals surface area (Å²) in [7, 11) is 0. The van der Waals surface area contributed by atoms with E-state index in [4.69, 9.17) is 0 Å². The Morgan fingerprint density at radius 3 is 2.38 bits per heavy atom. The van der Waals surface area contributed by atoms with Crippen molar-refractivity contribution in [2.24, 2.45) is 15.4 Å². The molecule has 0 aromatic heterocycles. The summed E-state index contributed by atoms with van der Waals surface area (Å²) in [6.07, 6.45) is -1.69. The fraction of sp³-hybridized carbons (Fsp3) is 0.286. The zero-order valence-electron chi connectivity index (χ0n) is 16.0. The Kier molecular flexibility index (Phi) is 6.13. The van der Waals surface area contributed by atoms with E-state index in [-0.39, 0.29) is 11.4 Å². The summed E-state index contributed by atoms with van der Waals surface area (Å²) in [5.41, 5.74) is 2.61. The highest BCUT2D eigenvalue weighted by atomic mass is 16.3. The zero-order valence-corrected chi connectivity index (χ0v) is 16.0. The minimum absolute atomic E-state index is 0.100. The summed E-state index contributed by atoms with van der Waals surface area (Å²) >= 11 is 0. The molecule has 1 aliphatic heterocycles. The monoisotopic (exact) mass is 394 g/mol. The number of phenols is 1. The minimum Gasteiger partial charge on any atom is -0.508 e. The average molecular weight is 394 g/mol. The second kappa shape index (κ2) is 8.74. The molecule has 0 fully saturated rings. The quantitative estimate of drug-likeness (QED) is 0.553. The number of nitrogens with zero attached hydrogens (tertiary/aromatic N) is 4. The lowest BCUT2D eigenvalue weighted by Crippen LogP contribution is -2.42. The fourth-order valence-corrected chi connectivity index (χ4v) is 3.18. The molecule has 3 atom stereocenters. The van der Waals surface area contributed by atoms with Gasteiger partial charge in [-0.15, -0.1) is 4.91 Å². The van der Waals surface area contributed by atoms with Crippen molar-refractivity contribution in [1.29, 1.82) is 0 Å². The minimum atomic E-state index is -1.69. The number of aliphatic hydroxyl groups excluding tert-OH is 1. The number of azo groups is 1. The van der Waals surface area contributed by atoms with Crippen LogP contribution in [-0.2, 0) is 17.9 Å². The molecule has 8 heteroatoms. The van der Waals surface area contributed by atoms with Gasteiger partial charge in [-0.2, -0.15) is 10.2 Å². The first-order valence-corrected chi connectivity index (χ1v) is 9.15. The number of nitroso groups, excluding NO2 is 1. The van der Waals surface area contributed by atoms with Crippen molar-refractivity contribution in [3.63, 3.8) is 0 Å². The van der Waals surface area contributed by atoms with Crippen LogP contribution in [0, 0.1) is 4.91 Å². The maximum Gasteiger partial charge on any atom is 0.254 e. The average Bonchev–Trinajstić information content (AvgIpc) is 3.16. The first-order chi connectivity index (χ1) is 13.9. The van der Waals surface area contributed by atoms with Gasteiger partial charge in [0.2, 0.25) is 0 Å². The zero-order chi connectivity index (χ0) is 21.0. The number of carbonyl (C=O) groups is 1. The van der Waals surface area contributed by atoms with E-state index in [2.05, 4.69) is 22.0 Å². The molecule has 0 radical (unpaired) electrons. The number of aromatic hydroxyl groups is 1. The number of aliphatic hydroxyl groups is 1. The van der Waals surface area contributed by atoms with E-state index in [1.165, 1.54) is 11.0 Å². The van der Waals surface area contributed by atoms with Crippen molar-refractivity contribution in [3.05, 3.63) is 82.4 Å². The number of benzene rings is 2. The third-order valence-corrected chi connectivity index (χ3v) is 4.87. The van der Waals surface area contributed by atoms with Crippen LogP contribution in [0.25, 0.3) is 0 Å². The molecule has 2 aromatic carbocycles. The van der Waals surface area contributed by atoms with Crippen molar-refractivity contribution >= 4 is 5.91 Å². The van der Waals surface area contributed by atoms with Crippen LogP contribution in [0.3, 0.4) is 0 Å². The predicted molar refractivity (Wildman–Crippen MR) is 107 cm³/mol. The molecule has 8 nitrogen and oxygen atoms in total. The molecule has 1 amide bonds. The molecular formula is C21H22N4O4. The van der Waals surface area contributed by atoms with Crippen molar-refractivity contribution in [3.8, 4) is 5.75 Å².